The summed E-state index contributed by atoms with van der Waals surface area (Å²) in [6, 6.07) is 0. The molecule has 0 aromatic heterocycles. The Kier molecular flexibility index (Phi) is 21.6. The molecule has 230 valence electrons. The molecule has 0 spiro atoms. The molecular formula is C40H58O2. The van der Waals surface area contributed by atoms with Gasteiger partial charge in [-0.2, -0.15) is 0 Å². The Morgan fingerprint density at radius 2 is 1.02 bits per heavy atom. The third-order valence-electron chi connectivity index (χ3n) is 6.28. The van der Waals surface area contributed by atoms with Crippen LogP contribution in [0.25, 0.3) is 0 Å². The molecule has 0 bridgehead atoms. The van der Waals surface area contributed by atoms with Crippen LogP contribution in [0.1, 0.15) is 94.4 Å². The highest BCUT2D eigenvalue weighted by molar-refractivity contribution is 5.33. The van der Waals surface area contributed by atoms with Crippen molar-refractivity contribution in [3.05, 3.63) is 142 Å². The number of rotatable bonds is 18. The molecule has 0 aliphatic heterocycles. The van der Waals surface area contributed by atoms with Crippen molar-refractivity contribution in [2.24, 2.45) is 0 Å². The summed E-state index contributed by atoms with van der Waals surface area (Å²) in [7, 11) is 0. The summed E-state index contributed by atoms with van der Waals surface area (Å²) >= 11 is 0. The molecule has 0 aliphatic rings. The molecule has 0 radical (unpaired) electrons. The molecule has 0 unspecified atom stereocenters. The van der Waals surface area contributed by atoms with Crippen LogP contribution in [-0.2, 0) is 0 Å². The summed E-state index contributed by atoms with van der Waals surface area (Å²) in [5, 5.41) is 19.5. The smallest absolute Gasteiger partial charge is 0.0681 e. The Morgan fingerprint density at radius 1 is 0.571 bits per heavy atom. The van der Waals surface area contributed by atoms with Gasteiger partial charge in [-0.15, -0.1) is 0 Å². The third-order valence-corrected chi connectivity index (χ3v) is 6.28. The van der Waals surface area contributed by atoms with Crippen LogP contribution in [0.15, 0.2) is 142 Å². The lowest BCUT2D eigenvalue weighted by Gasteiger charge is -2.16. The van der Waals surface area contributed by atoms with Gasteiger partial charge in [-0.3, -0.25) is 0 Å². The van der Waals surface area contributed by atoms with Crippen LogP contribution in [0.4, 0.5) is 0 Å². The Bertz CT molecular complexity index is 1150. The Balaban J connectivity index is 4.83. The van der Waals surface area contributed by atoms with Crippen molar-refractivity contribution in [2.75, 3.05) is 6.61 Å². The summed E-state index contributed by atoms with van der Waals surface area (Å²) in [6.45, 7) is 18.5. The van der Waals surface area contributed by atoms with Crippen LogP contribution >= 0.6 is 0 Å². The van der Waals surface area contributed by atoms with E-state index in [1.165, 1.54) is 22.3 Å². The zero-order valence-electron chi connectivity index (χ0n) is 28.0. The summed E-state index contributed by atoms with van der Waals surface area (Å²) < 4.78 is 0. The second kappa shape index (κ2) is 23.4. The molecule has 0 saturated heterocycles. The molecule has 0 aliphatic carbocycles. The molecule has 0 aromatic carbocycles. The minimum atomic E-state index is -0.593. The Hall–Kier alpha value is -3.20. The van der Waals surface area contributed by atoms with E-state index in [0.29, 0.717) is 0 Å². The first kappa shape index (κ1) is 38.8. The predicted molar refractivity (Wildman–Crippen MR) is 188 cm³/mol. The van der Waals surface area contributed by atoms with Gasteiger partial charge in [-0.05, 0) is 100.0 Å². The van der Waals surface area contributed by atoms with Gasteiger partial charge in [0.15, 0.2) is 0 Å². The largest absolute Gasteiger partial charge is 0.392 e. The van der Waals surface area contributed by atoms with Gasteiger partial charge in [-0.25, -0.2) is 0 Å². The fourth-order valence-corrected chi connectivity index (χ4v) is 3.67. The van der Waals surface area contributed by atoms with Crippen LogP contribution in [-0.4, -0.2) is 22.4 Å². The van der Waals surface area contributed by atoms with Crippen molar-refractivity contribution in [1.82, 2.24) is 0 Å². The van der Waals surface area contributed by atoms with Gasteiger partial charge in [0, 0.05) is 0 Å². The van der Waals surface area contributed by atoms with Crippen LogP contribution in [0.2, 0.25) is 0 Å². The minimum Gasteiger partial charge on any atom is -0.392 e. The molecule has 0 heterocycles. The van der Waals surface area contributed by atoms with E-state index in [0.717, 1.165) is 48.8 Å². The molecule has 0 rings (SSSR count). The molecule has 2 nitrogen and oxygen atoms in total. The standard InChI is InChI=1S/C40H58O2/c1-33(2)18-12-20-35(4)22-14-24-36(5)23-13-21-34(3)19-10-11-29-39(32-41)30-16-27-37(6)25-15-26-38(7)28-17-31-40(8,9)42/h10-11,13-16,18-19,21-27,29-30,41-42H,12,17,20,28,31-32H2,1-9H3/b11-10?,21-13?,24-14?,25-15+,30-16+,34-19?,35-22?,36-23?,37-27+,38-26+,39-29?. The van der Waals surface area contributed by atoms with Gasteiger partial charge in [0.2, 0.25) is 0 Å². The Labute approximate surface area is 258 Å². The first-order valence-electron chi connectivity index (χ1n) is 15.2. The van der Waals surface area contributed by atoms with E-state index in [-0.39, 0.29) is 6.61 Å². The van der Waals surface area contributed by atoms with Crippen LogP contribution < -0.4 is 0 Å². The fourth-order valence-electron chi connectivity index (χ4n) is 3.67. The second-order valence-electron chi connectivity index (χ2n) is 12.0. The molecule has 2 heteroatoms. The summed E-state index contributed by atoms with van der Waals surface area (Å²) in [4.78, 5) is 0. The van der Waals surface area contributed by atoms with E-state index < -0.39 is 5.60 Å². The van der Waals surface area contributed by atoms with E-state index in [4.69, 9.17) is 0 Å². The SMILES string of the molecule is CC(C)=CCCC(C)=CC=CC(C)=CC=CC(C)=CC=CC=C(/C=C/C=C(C)/C=C/C=C(\C)CCCC(C)(C)O)CO. The first-order chi connectivity index (χ1) is 19.8. The molecule has 42 heavy (non-hydrogen) atoms. The second-order valence-corrected chi connectivity index (χ2v) is 12.0. The maximum Gasteiger partial charge on any atom is 0.0681 e. The minimum absolute atomic E-state index is 0.0134. The molecule has 0 saturated carbocycles. The summed E-state index contributed by atoms with van der Waals surface area (Å²) in [6.07, 6.45) is 40.1. The van der Waals surface area contributed by atoms with Gasteiger partial charge in [-0.1, -0.05) is 137 Å². The zero-order chi connectivity index (χ0) is 31.8. The first-order valence-corrected chi connectivity index (χ1v) is 15.2. The fraction of sp³-hybridized carbons (Fsp3) is 0.400. The van der Waals surface area contributed by atoms with Crippen molar-refractivity contribution in [3.8, 4) is 0 Å². The predicted octanol–water partition coefficient (Wildman–Crippen LogP) is 11.1. The van der Waals surface area contributed by atoms with Crippen LogP contribution in [0.5, 0.6) is 0 Å². The number of aliphatic hydroxyl groups excluding tert-OH is 1. The van der Waals surface area contributed by atoms with E-state index in [1.54, 1.807) is 0 Å². The monoisotopic (exact) mass is 570 g/mol. The highest BCUT2D eigenvalue weighted by atomic mass is 16.3. The molecule has 0 atom stereocenters. The van der Waals surface area contributed by atoms with E-state index in [1.807, 2.05) is 50.3 Å². The summed E-state index contributed by atoms with van der Waals surface area (Å²) in [5.41, 5.74) is 7.80. The van der Waals surface area contributed by atoms with E-state index >= 15 is 0 Å². The average molecular weight is 571 g/mol. The number of hydrogen-bond acceptors (Lipinski definition) is 2. The maximum atomic E-state index is 9.82. The average Bonchev–Trinajstić information content (AvgIpc) is 2.89. The summed E-state index contributed by atoms with van der Waals surface area (Å²) in [5.74, 6) is 0. The van der Waals surface area contributed by atoms with E-state index in [2.05, 4.69) is 115 Å². The van der Waals surface area contributed by atoms with Gasteiger partial charge in [0.1, 0.15) is 0 Å². The molecular weight excluding hydrogens is 512 g/mol. The van der Waals surface area contributed by atoms with Gasteiger partial charge < -0.3 is 10.2 Å². The molecule has 2 N–H and O–H groups in total. The quantitative estimate of drug-likeness (QED) is 0.127. The number of allylic oxidation sites excluding steroid dienone is 22. The normalized spacial score (nSPS) is 15.5. The van der Waals surface area contributed by atoms with Crippen molar-refractivity contribution in [3.63, 3.8) is 0 Å². The van der Waals surface area contributed by atoms with E-state index in [9.17, 15) is 10.2 Å². The lowest BCUT2D eigenvalue weighted by molar-refractivity contribution is 0.0689. The van der Waals surface area contributed by atoms with Crippen molar-refractivity contribution in [2.45, 2.75) is 100 Å². The highest BCUT2D eigenvalue weighted by Crippen LogP contribution is 2.15. The zero-order valence-corrected chi connectivity index (χ0v) is 28.0. The molecule has 0 aromatic rings. The van der Waals surface area contributed by atoms with Crippen molar-refractivity contribution < 1.29 is 10.2 Å². The van der Waals surface area contributed by atoms with Gasteiger partial charge in [0.25, 0.3) is 0 Å². The van der Waals surface area contributed by atoms with Gasteiger partial charge in [0.05, 0.1) is 12.2 Å². The number of hydrogen-bond donors (Lipinski definition) is 2. The number of aliphatic hydroxyl groups is 2. The lowest BCUT2D eigenvalue weighted by atomic mass is 9.99. The van der Waals surface area contributed by atoms with Crippen molar-refractivity contribution >= 4 is 0 Å². The molecule has 0 fully saturated rings. The highest BCUT2D eigenvalue weighted by Gasteiger charge is 2.10. The Morgan fingerprint density at radius 3 is 1.52 bits per heavy atom. The van der Waals surface area contributed by atoms with Crippen LogP contribution in [0, 0.1) is 0 Å². The topological polar surface area (TPSA) is 40.5 Å². The molecule has 0 amide bonds. The maximum absolute atomic E-state index is 9.82. The van der Waals surface area contributed by atoms with Crippen LogP contribution in [0.3, 0.4) is 0 Å². The van der Waals surface area contributed by atoms with Gasteiger partial charge >= 0.3 is 0 Å². The lowest BCUT2D eigenvalue weighted by Crippen LogP contribution is -2.17. The van der Waals surface area contributed by atoms with Crippen molar-refractivity contribution in [1.29, 1.82) is 0 Å². The third kappa shape index (κ3) is 25.7.